The van der Waals surface area contributed by atoms with Gasteiger partial charge in [-0.2, -0.15) is 0 Å². The van der Waals surface area contributed by atoms with Crippen LogP contribution in [0, 0.1) is 5.82 Å². The van der Waals surface area contributed by atoms with Gasteiger partial charge in [0.15, 0.2) is 0 Å². The van der Waals surface area contributed by atoms with Crippen molar-refractivity contribution in [2.45, 2.75) is 4.90 Å². The molecule has 0 spiro atoms. The van der Waals surface area contributed by atoms with Crippen molar-refractivity contribution in [1.29, 1.82) is 0 Å². The van der Waals surface area contributed by atoms with E-state index in [4.69, 9.17) is 0 Å². The van der Waals surface area contributed by atoms with Crippen LogP contribution in [0.4, 0.5) is 4.39 Å². The molecular formula is C25H17FN2O2S. The summed E-state index contributed by atoms with van der Waals surface area (Å²) in [5.74, 6) is -0.290. The van der Waals surface area contributed by atoms with Crippen LogP contribution in [0.3, 0.4) is 0 Å². The molecule has 6 heteroatoms. The van der Waals surface area contributed by atoms with E-state index in [1.54, 1.807) is 59.5 Å². The number of hydrogen-bond donors (Lipinski definition) is 0. The van der Waals surface area contributed by atoms with Gasteiger partial charge in [-0.3, -0.25) is 18.6 Å². The zero-order valence-electron chi connectivity index (χ0n) is 16.6. The lowest BCUT2D eigenvalue weighted by atomic mass is 10.0. The van der Waals surface area contributed by atoms with Crippen molar-refractivity contribution >= 4 is 32.6 Å². The van der Waals surface area contributed by atoms with Gasteiger partial charge in [0, 0.05) is 50.7 Å². The van der Waals surface area contributed by atoms with Gasteiger partial charge in [0.2, 0.25) is 0 Å². The van der Waals surface area contributed by atoms with E-state index in [1.165, 1.54) is 18.2 Å². The Balaban J connectivity index is 1.81. The smallest absolute Gasteiger partial charge is 0.255 e. The highest BCUT2D eigenvalue weighted by Crippen LogP contribution is 2.29. The lowest BCUT2D eigenvalue weighted by molar-refractivity contribution is 0.628. The minimum absolute atomic E-state index is 0.169. The molecule has 5 rings (SSSR count). The summed E-state index contributed by atoms with van der Waals surface area (Å²) >= 11 is 0. The normalized spacial score (nSPS) is 12.3. The van der Waals surface area contributed by atoms with Crippen LogP contribution in [0.2, 0.25) is 0 Å². The molecule has 0 radical (unpaired) electrons. The summed E-state index contributed by atoms with van der Waals surface area (Å²) in [6, 6.07) is 22.5. The van der Waals surface area contributed by atoms with E-state index in [0.29, 0.717) is 10.6 Å². The summed E-state index contributed by atoms with van der Waals surface area (Å²) in [5.41, 5.74) is 3.79. The SMILES string of the molecule is CS(=O)c1ccc(-n2c(=O)ccc3cnc4ccc(-c5ccc(F)cc5)cc4c32)cc1. The molecule has 4 nitrogen and oxygen atoms in total. The van der Waals surface area contributed by atoms with Crippen molar-refractivity contribution in [3.05, 3.63) is 101 Å². The van der Waals surface area contributed by atoms with Gasteiger partial charge in [-0.1, -0.05) is 18.2 Å². The average Bonchev–Trinajstić information content (AvgIpc) is 2.79. The highest BCUT2D eigenvalue weighted by atomic mass is 32.2. The van der Waals surface area contributed by atoms with Gasteiger partial charge in [0.25, 0.3) is 5.56 Å². The van der Waals surface area contributed by atoms with Gasteiger partial charge in [0.1, 0.15) is 5.82 Å². The van der Waals surface area contributed by atoms with Crippen LogP contribution in [0.1, 0.15) is 0 Å². The Labute approximate surface area is 180 Å². The van der Waals surface area contributed by atoms with Crippen LogP contribution >= 0.6 is 0 Å². The van der Waals surface area contributed by atoms with Crippen molar-refractivity contribution < 1.29 is 8.60 Å². The van der Waals surface area contributed by atoms with Crippen LogP contribution in [-0.4, -0.2) is 20.0 Å². The van der Waals surface area contributed by atoms with Crippen LogP contribution in [-0.2, 0) is 10.8 Å². The first kappa shape index (κ1) is 19.3. The van der Waals surface area contributed by atoms with Crippen LogP contribution in [0.25, 0.3) is 38.6 Å². The van der Waals surface area contributed by atoms with E-state index in [-0.39, 0.29) is 11.4 Å². The minimum atomic E-state index is -1.10. The maximum atomic E-state index is 13.4. The lowest BCUT2D eigenvalue weighted by Gasteiger charge is -2.13. The maximum absolute atomic E-state index is 13.4. The number of halogens is 1. The number of benzene rings is 3. The molecule has 0 bridgehead atoms. The molecule has 0 saturated heterocycles. The average molecular weight is 428 g/mol. The third-order valence-electron chi connectivity index (χ3n) is 5.32. The molecular weight excluding hydrogens is 411 g/mol. The largest absolute Gasteiger partial charge is 0.276 e. The Bertz CT molecular complexity index is 1520. The zero-order chi connectivity index (χ0) is 21.5. The fourth-order valence-electron chi connectivity index (χ4n) is 3.78. The molecule has 0 saturated carbocycles. The molecule has 0 aliphatic carbocycles. The molecule has 1 atom stereocenters. The molecule has 3 aromatic carbocycles. The molecule has 152 valence electrons. The molecule has 0 aliphatic heterocycles. The molecule has 0 aliphatic rings. The lowest BCUT2D eigenvalue weighted by Crippen LogP contribution is -2.17. The van der Waals surface area contributed by atoms with Crippen LogP contribution < -0.4 is 5.56 Å². The maximum Gasteiger partial charge on any atom is 0.255 e. The van der Waals surface area contributed by atoms with Crippen LogP contribution in [0.15, 0.2) is 94.7 Å². The predicted molar refractivity (Wildman–Crippen MR) is 123 cm³/mol. The second kappa shape index (κ2) is 7.56. The molecule has 0 N–H and O–H groups in total. The van der Waals surface area contributed by atoms with Crippen LogP contribution in [0.5, 0.6) is 0 Å². The van der Waals surface area contributed by atoms with E-state index in [9.17, 15) is 13.4 Å². The second-order valence-corrected chi connectivity index (χ2v) is 8.64. The number of rotatable bonds is 3. The molecule has 1 unspecified atom stereocenters. The number of aromatic nitrogens is 2. The van der Waals surface area contributed by atoms with Crippen molar-refractivity contribution in [2.75, 3.05) is 6.26 Å². The summed E-state index contributed by atoms with van der Waals surface area (Å²) in [6.07, 6.45) is 3.37. The zero-order valence-corrected chi connectivity index (χ0v) is 17.4. The first-order valence-electron chi connectivity index (χ1n) is 9.65. The van der Waals surface area contributed by atoms with Gasteiger partial charge in [-0.25, -0.2) is 4.39 Å². The highest BCUT2D eigenvalue weighted by molar-refractivity contribution is 7.84. The summed E-state index contributed by atoms with van der Waals surface area (Å²) in [7, 11) is -1.10. The summed E-state index contributed by atoms with van der Waals surface area (Å²) in [5, 5.41) is 1.65. The van der Waals surface area contributed by atoms with E-state index < -0.39 is 10.8 Å². The second-order valence-electron chi connectivity index (χ2n) is 7.26. The van der Waals surface area contributed by atoms with Gasteiger partial charge in [-0.15, -0.1) is 0 Å². The predicted octanol–water partition coefficient (Wildman–Crippen LogP) is 5.08. The summed E-state index contributed by atoms with van der Waals surface area (Å²) < 4.78 is 26.8. The molecule has 0 amide bonds. The molecule has 2 aromatic heterocycles. The first-order chi connectivity index (χ1) is 15.0. The quantitative estimate of drug-likeness (QED) is 0.377. The Morgan fingerprint density at radius 3 is 2.29 bits per heavy atom. The fraction of sp³-hybridized carbons (Fsp3) is 0.0400. The van der Waals surface area contributed by atoms with E-state index in [0.717, 1.165) is 32.9 Å². The summed E-state index contributed by atoms with van der Waals surface area (Å²) in [6.45, 7) is 0. The standard InChI is InChI=1S/C25H17FN2O2S/c1-31(30)21-10-8-20(9-11-21)28-24(29)13-5-18-15-27-23-12-4-17(14-22(23)25(18)28)16-2-6-19(26)7-3-16/h2-15H,1H3. The van der Waals surface area contributed by atoms with Gasteiger partial charge in [0.05, 0.1) is 11.0 Å². The molecule has 0 fully saturated rings. The van der Waals surface area contributed by atoms with E-state index in [1.807, 2.05) is 18.2 Å². The Kier molecular flexibility index (Phi) is 4.71. The van der Waals surface area contributed by atoms with Crippen molar-refractivity contribution in [3.63, 3.8) is 0 Å². The number of hydrogen-bond acceptors (Lipinski definition) is 3. The molecule has 31 heavy (non-hydrogen) atoms. The van der Waals surface area contributed by atoms with Gasteiger partial charge in [-0.05, 0) is 65.7 Å². The number of nitrogens with zero attached hydrogens (tertiary/aromatic N) is 2. The third kappa shape index (κ3) is 3.45. The molecule has 2 heterocycles. The number of pyridine rings is 2. The van der Waals surface area contributed by atoms with Gasteiger partial charge >= 0.3 is 0 Å². The monoisotopic (exact) mass is 428 g/mol. The topological polar surface area (TPSA) is 52.0 Å². The number of fused-ring (bicyclic) bond motifs is 3. The Morgan fingerprint density at radius 2 is 1.58 bits per heavy atom. The first-order valence-corrected chi connectivity index (χ1v) is 11.2. The summed E-state index contributed by atoms with van der Waals surface area (Å²) in [4.78, 5) is 18.2. The Hall–Kier alpha value is -3.64. The minimum Gasteiger partial charge on any atom is -0.276 e. The third-order valence-corrected chi connectivity index (χ3v) is 6.26. The molecule has 5 aromatic rings. The van der Waals surface area contributed by atoms with E-state index >= 15 is 0 Å². The van der Waals surface area contributed by atoms with E-state index in [2.05, 4.69) is 4.98 Å². The van der Waals surface area contributed by atoms with Crippen molar-refractivity contribution in [2.24, 2.45) is 0 Å². The van der Waals surface area contributed by atoms with Crippen molar-refractivity contribution in [3.8, 4) is 16.8 Å². The van der Waals surface area contributed by atoms with Crippen molar-refractivity contribution in [1.82, 2.24) is 9.55 Å². The van der Waals surface area contributed by atoms with Gasteiger partial charge < -0.3 is 0 Å². The fourth-order valence-corrected chi connectivity index (χ4v) is 4.30. The highest BCUT2D eigenvalue weighted by Gasteiger charge is 2.12. The Morgan fingerprint density at radius 1 is 0.871 bits per heavy atom.